The second-order valence-electron chi connectivity index (χ2n) is 6.42. The first-order chi connectivity index (χ1) is 14.7. The minimum absolute atomic E-state index is 0.0832. The van der Waals surface area contributed by atoms with Crippen molar-refractivity contribution in [2.75, 3.05) is 5.32 Å². The van der Waals surface area contributed by atoms with Gasteiger partial charge in [0.25, 0.3) is 5.91 Å². The third kappa shape index (κ3) is 3.91. The molecule has 0 saturated carbocycles. The number of nitrogens with one attached hydrogen (secondary N) is 1. The lowest BCUT2D eigenvalue weighted by molar-refractivity contribution is 0.102. The fourth-order valence-corrected chi connectivity index (χ4v) is 3.02. The fourth-order valence-electron chi connectivity index (χ4n) is 3.02. The Bertz CT molecular complexity index is 1250. The number of nitrogens with zero attached hydrogens (tertiary/aromatic N) is 5. The molecule has 1 amide bonds. The number of halogens is 1. The third-order valence-corrected chi connectivity index (χ3v) is 4.43. The predicted molar refractivity (Wildman–Crippen MR) is 108 cm³/mol. The van der Waals surface area contributed by atoms with Crippen molar-refractivity contribution in [2.24, 2.45) is 0 Å². The van der Waals surface area contributed by atoms with E-state index in [-0.39, 0.29) is 18.1 Å². The van der Waals surface area contributed by atoms with Crippen LogP contribution in [0, 0.1) is 17.1 Å². The molecule has 1 N–H and O–H groups in total. The van der Waals surface area contributed by atoms with Crippen LogP contribution in [0.5, 0.6) is 0 Å². The van der Waals surface area contributed by atoms with Gasteiger partial charge in [-0.15, -0.1) is 5.10 Å². The maximum atomic E-state index is 14.2. The zero-order valence-corrected chi connectivity index (χ0v) is 15.7. The first-order valence-electron chi connectivity index (χ1n) is 9.04. The zero-order chi connectivity index (χ0) is 20.9. The fraction of sp³-hybridized carbons (Fsp3) is 0.0455. The van der Waals surface area contributed by atoms with Crippen LogP contribution in [-0.4, -0.2) is 25.9 Å². The van der Waals surface area contributed by atoms with Crippen molar-refractivity contribution in [3.63, 3.8) is 0 Å². The molecule has 0 radical (unpaired) electrons. The van der Waals surface area contributed by atoms with Crippen LogP contribution in [0.25, 0.3) is 11.3 Å². The molecule has 4 aromatic rings. The molecule has 0 atom stereocenters. The highest BCUT2D eigenvalue weighted by Gasteiger charge is 2.22. The Morgan fingerprint density at radius 3 is 2.67 bits per heavy atom. The molecule has 30 heavy (non-hydrogen) atoms. The monoisotopic (exact) mass is 398 g/mol. The summed E-state index contributed by atoms with van der Waals surface area (Å²) in [5, 5.41) is 19.9. The molecular formula is C22H15FN6O. The van der Waals surface area contributed by atoms with Gasteiger partial charge in [0.1, 0.15) is 11.5 Å². The van der Waals surface area contributed by atoms with E-state index in [0.29, 0.717) is 28.1 Å². The predicted octanol–water partition coefficient (Wildman–Crippen LogP) is 3.65. The SMILES string of the molecule is N#Cc1cccc(NC(=O)c2nnn(Cc3ccccc3F)c2-c2ccncc2)c1. The Morgan fingerprint density at radius 2 is 1.90 bits per heavy atom. The van der Waals surface area contributed by atoms with E-state index in [0.717, 1.165) is 0 Å². The molecule has 0 aliphatic rings. The molecular weight excluding hydrogens is 383 g/mol. The van der Waals surface area contributed by atoms with Crippen LogP contribution in [0.4, 0.5) is 10.1 Å². The van der Waals surface area contributed by atoms with Crippen LogP contribution in [-0.2, 0) is 6.54 Å². The van der Waals surface area contributed by atoms with E-state index >= 15 is 0 Å². The van der Waals surface area contributed by atoms with Crippen LogP contribution >= 0.6 is 0 Å². The van der Waals surface area contributed by atoms with Gasteiger partial charge in [0, 0.05) is 29.2 Å². The quantitative estimate of drug-likeness (QED) is 0.553. The molecule has 0 fully saturated rings. The van der Waals surface area contributed by atoms with E-state index < -0.39 is 5.91 Å². The van der Waals surface area contributed by atoms with Crippen molar-refractivity contribution in [2.45, 2.75) is 6.54 Å². The maximum absolute atomic E-state index is 14.2. The summed E-state index contributed by atoms with van der Waals surface area (Å²) in [5.41, 5.74) is 2.50. The van der Waals surface area contributed by atoms with Gasteiger partial charge in [0.05, 0.1) is 18.2 Å². The third-order valence-electron chi connectivity index (χ3n) is 4.43. The molecule has 0 unspecified atom stereocenters. The van der Waals surface area contributed by atoms with Gasteiger partial charge in [0.15, 0.2) is 5.69 Å². The Hall–Kier alpha value is -4.38. The van der Waals surface area contributed by atoms with Gasteiger partial charge in [-0.25, -0.2) is 9.07 Å². The van der Waals surface area contributed by atoms with Crippen molar-refractivity contribution in [1.82, 2.24) is 20.0 Å². The number of carbonyl (C=O) groups excluding carboxylic acids is 1. The van der Waals surface area contributed by atoms with Gasteiger partial charge < -0.3 is 5.32 Å². The van der Waals surface area contributed by atoms with Crippen LogP contribution in [0.1, 0.15) is 21.6 Å². The number of pyridine rings is 1. The van der Waals surface area contributed by atoms with E-state index in [4.69, 9.17) is 5.26 Å². The van der Waals surface area contributed by atoms with Crippen LogP contribution < -0.4 is 5.32 Å². The van der Waals surface area contributed by atoms with Gasteiger partial charge in [0.2, 0.25) is 0 Å². The first kappa shape index (κ1) is 19.0. The smallest absolute Gasteiger partial charge is 0.278 e. The first-order valence-corrected chi connectivity index (χ1v) is 9.04. The second-order valence-corrected chi connectivity index (χ2v) is 6.42. The largest absolute Gasteiger partial charge is 0.320 e. The van der Waals surface area contributed by atoms with Crippen molar-refractivity contribution in [1.29, 1.82) is 5.26 Å². The number of hydrogen-bond donors (Lipinski definition) is 1. The number of rotatable bonds is 5. The minimum atomic E-state index is -0.489. The van der Waals surface area contributed by atoms with Crippen molar-refractivity contribution in [3.8, 4) is 17.3 Å². The Balaban J connectivity index is 1.72. The van der Waals surface area contributed by atoms with Gasteiger partial charge in [-0.3, -0.25) is 9.78 Å². The summed E-state index contributed by atoms with van der Waals surface area (Å²) in [5.74, 6) is -0.857. The van der Waals surface area contributed by atoms with Crippen molar-refractivity contribution >= 4 is 11.6 Å². The highest BCUT2D eigenvalue weighted by Crippen LogP contribution is 2.24. The molecule has 2 aromatic carbocycles. The lowest BCUT2D eigenvalue weighted by Gasteiger charge is -2.09. The molecule has 0 aliphatic carbocycles. The summed E-state index contributed by atoms with van der Waals surface area (Å²) in [6.07, 6.45) is 3.18. The highest BCUT2D eigenvalue weighted by molar-refractivity contribution is 6.06. The normalized spacial score (nSPS) is 10.4. The van der Waals surface area contributed by atoms with E-state index in [1.807, 2.05) is 6.07 Å². The summed E-state index contributed by atoms with van der Waals surface area (Å²) in [6, 6.07) is 18.4. The number of hydrogen-bond acceptors (Lipinski definition) is 5. The average Bonchev–Trinajstić information content (AvgIpc) is 3.20. The van der Waals surface area contributed by atoms with Crippen LogP contribution in [0.3, 0.4) is 0 Å². The zero-order valence-electron chi connectivity index (χ0n) is 15.7. The Morgan fingerprint density at radius 1 is 1.10 bits per heavy atom. The summed E-state index contributed by atoms with van der Waals surface area (Å²) >= 11 is 0. The molecule has 2 heterocycles. The molecule has 7 nitrogen and oxygen atoms in total. The summed E-state index contributed by atoms with van der Waals surface area (Å²) in [7, 11) is 0. The molecule has 146 valence electrons. The van der Waals surface area contributed by atoms with Gasteiger partial charge in [-0.2, -0.15) is 5.26 Å². The minimum Gasteiger partial charge on any atom is -0.320 e. The van der Waals surface area contributed by atoms with E-state index in [1.54, 1.807) is 67.0 Å². The lowest BCUT2D eigenvalue weighted by Crippen LogP contribution is -2.14. The van der Waals surface area contributed by atoms with E-state index in [2.05, 4.69) is 20.6 Å². The number of anilines is 1. The van der Waals surface area contributed by atoms with Crippen LogP contribution in [0.15, 0.2) is 73.1 Å². The number of carbonyl (C=O) groups is 1. The highest BCUT2D eigenvalue weighted by atomic mass is 19.1. The number of benzene rings is 2. The summed E-state index contributed by atoms with van der Waals surface area (Å²) < 4.78 is 15.6. The topological polar surface area (TPSA) is 96.5 Å². The lowest BCUT2D eigenvalue weighted by atomic mass is 10.1. The summed E-state index contributed by atoms with van der Waals surface area (Å²) in [4.78, 5) is 16.9. The van der Waals surface area contributed by atoms with Gasteiger partial charge in [-0.1, -0.05) is 29.5 Å². The van der Waals surface area contributed by atoms with E-state index in [1.165, 1.54) is 10.7 Å². The maximum Gasteiger partial charge on any atom is 0.278 e. The van der Waals surface area contributed by atoms with Crippen molar-refractivity contribution < 1.29 is 9.18 Å². The molecule has 0 aliphatic heterocycles. The van der Waals surface area contributed by atoms with E-state index in [9.17, 15) is 9.18 Å². The number of amides is 1. The number of aromatic nitrogens is 4. The molecule has 2 aromatic heterocycles. The molecule has 0 bridgehead atoms. The average molecular weight is 398 g/mol. The molecule has 4 rings (SSSR count). The molecule has 8 heteroatoms. The van der Waals surface area contributed by atoms with Crippen LogP contribution in [0.2, 0.25) is 0 Å². The Labute approximate surface area is 171 Å². The summed E-state index contributed by atoms with van der Waals surface area (Å²) in [6.45, 7) is 0.106. The molecule has 0 saturated heterocycles. The standard InChI is InChI=1S/C22H15FN6O/c23-19-7-2-1-5-17(19)14-29-21(16-8-10-25-11-9-16)20(27-28-29)22(30)26-18-6-3-4-15(12-18)13-24/h1-12H,14H2,(H,26,30). The molecule has 0 spiro atoms. The van der Waals surface area contributed by atoms with Gasteiger partial charge >= 0.3 is 0 Å². The number of nitriles is 1. The van der Waals surface area contributed by atoms with Gasteiger partial charge in [-0.05, 0) is 36.4 Å². The Kier molecular flexibility index (Phi) is 5.26. The second kappa shape index (κ2) is 8.32. The van der Waals surface area contributed by atoms with Crippen molar-refractivity contribution in [3.05, 3.63) is 95.7 Å².